The van der Waals surface area contributed by atoms with Crippen molar-refractivity contribution in [2.75, 3.05) is 25.0 Å². The third-order valence-electron chi connectivity index (χ3n) is 2.95. The standard InChI is InChI=1S/C12H19F2N3S/c1-3-15-6-9-11(8-4-5-8)16-12(18-9)17(2)7-10(13)14/h8,10,15H,3-7H2,1-2H3. The molecule has 1 aromatic heterocycles. The highest BCUT2D eigenvalue weighted by Gasteiger charge is 2.30. The molecular weight excluding hydrogens is 256 g/mol. The van der Waals surface area contributed by atoms with Gasteiger partial charge in [-0.15, -0.1) is 11.3 Å². The van der Waals surface area contributed by atoms with E-state index in [0.717, 1.165) is 18.8 Å². The van der Waals surface area contributed by atoms with Gasteiger partial charge in [-0.05, 0) is 19.4 Å². The number of aromatic nitrogens is 1. The Balaban J connectivity index is 2.11. The third kappa shape index (κ3) is 3.38. The number of anilines is 1. The SMILES string of the molecule is CCNCc1sc(N(C)CC(F)F)nc1C1CC1. The molecule has 1 aliphatic rings. The van der Waals surface area contributed by atoms with Crippen LogP contribution in [0.15, 0.2) is 0 Å². The summed E-state index contributed by atoms with van der Waals surface area (Å²) >= 11 is 1.54. The highest BCUT2D eigenvalue weighted by atomic mass is 32.1. The largest absolute Gasteiger partial charge is 0.345 e. The van der Waals surface area contributed by atoms with Gasteiger partial charge in [-0.2, -0.15) is 0 Å². The predicted octanol–water partition coefficient (Wildman–Crippen LogP) is 2.83. The first-order valence-corrected chi connectivity index (χ1v) is 7.13. The summed E-state index contributed by atoms with van der Waals surface area (Å²) in [5, 5.41) is 4.00. The van der Waals surface area contributed by atoms with Gasteiger partial charge in [-0.1, -0.05) is 6.92 Å². The molecule has 102 valence electrons. The molecular formula is C12H19F2N3S. The van der Waals surface area contributed by atoms with Crippen LogP contribution in [-0.2, 0) is 6.54 Å². The lowest BCUT2D eigenvalue weighted by Gasteiger charge is -2.14. The van der Waals surface area contributed by atoms with Crippen molar-refractivity contribution in [3.05, 3.63) is 10.6 Å². The van der Waals surface area contributed by atoms with Gasteiger partial charge in [-0.3, -0.25) is 0 Å². The molecule has 0 radical (unpaired) electrons. The Hall–Kier alpha value is -0.750. The average Bonchev–Trinajstić information content (AvgIpc) is 3.06. The minimum absolute atomic E-state index is 0.252. The number of hydrogen-bond acceptors (Lipinski definition) is 4. The van der Waals surface area contributed by atoms with E-state index >= 15 is 0 Å². The Morgan fingerprint density at radius 2 is 2.22 bits per heavy atom. The lowest BCUT2D eigenvalue weighted by atomic mass is 10.2. The fraction of sp³-hybridized carbons (Fsp3) is 0.750. The molecule has 1 N–H and O–H groups in total. The normalized spacial score (nSPS) is 15.4. The maximum absolute atomic E-state index is 12.4. The van der Waals surface area contributed by atoms with E-state index in [2.05, 4.69) is 17.2 Å². The van der Waals surface area contributed by atoms with E-state index in [4.69, 9.17) is 0 Å². The number of rotatable bonds is 7. The van der Waals surface area contributed by atoms with Crippen molar-refractivity contribution in [2.45, 2.75) is 38.7 Å². The van der Waals surface area contributed by atoms with Gasteiger partial charge >= 0.3 is 0 Å². The molecule has 0 amide bonds. The Labute approximate surface area is 110 Å². The summed E-state index contributed by atoms with van der Waals surface area (Å²) in [5.74, 6) is 0.559. The molecule has 1 saturated carbocycles. The Morgan fingerprint density at radius 3 is 2.78 bits per heavy atom. The highest BCUT2D eigenvalue weighted by molar-refractivity contribution is 7.15. The summed E-state index contributed by atoms with van der Waals surface area (Å²) in [6, 6.07) is 0. The Kier molecular flexibility index (Phi) is 4.50. The second-order valence-electron chi connectivity index (χ2n) is 4.63. The lowest BCUT2D eigenvalue weighted by molar-refractivity contribution is 0.156. The van der Waals surface area contributed by atoms with Crippen molar-refractivity contribution in [3.8, 4) is 0 Å². The van der Waals surface area contributed by atoms with Crippen molar-refractivity contribution >= 4 is 16.5 Å². The van der Waals surface area contributed by atoms with Crippen LogP contribution in [0.25, 0.3) is 0 Å². The smallest absolute Gasteiger partial charge is 0.255 e. The van der Waals surface area contributed by atoms with Gasteiger partial charge in [0.25, 0.3) is 6.43 Å². The Bertz CT molecular complexity index is 391. The molecule has 0 bridgehead atoms. The topological polar surface area (TPSA) is 28.2 Å². The van der Waals surface area contributed by atoms with Crippen molar-refractivity contribution in [3.63, 3.8) is 0 Å². The molecule has 0 spiro atoms. The van der Waals surface area contributed by atoms with E-state index in [1.165, 1.54) is 29.1 Å². The maximum Gasteiger partial charge on any atom is 0.255 e. The van der Waals surface area contributed by atoms with Gasteiger partial charge in [-0.25, -0.2) is 13.8 Å². The van der Waals surface area contributed by atoms with E-state index < -0.39 is 6.43 Å². The summed E-state index contributed by atoms with van der Waals surface area (Å²) in [7, 11) is 1.68. The predicted molar refractivity (Wildman–Crippen MR) is 70.7 cm³/mol. The van der Waals surface area contributed by atoms with Gasteiger partial charge in [0.2, 0.25) is 0 Å². The average molecular weight is 275 g/mol. The monoisotopic (exact) mass is 275 g/mol. The molecule has 3 nitrogen and oxygen atoms in total. The van der Waals surface area contributed by atoms with Crippen molar-refractivity contribution in [2.24, 2.45) is 0 Å². The zero-order chi connectivity index (χ0) is 13.1. The van der Waals surface area contributed by atoms with Crippen LogP contribution in [0.5, 0.6) is 0 Å². The van der Waals surface area contributed by atoms with E-state index in [1.54, 1.807) is 11.9 Å². The van der Waals surface area contributed by atoms with E-state index in [-0.39, 0.29) is 6.54 Å². The van der Waals surface area contributed by atoms with E-state index in [9.17, 15) is 8.78 Å². The third-order valence-corrected chi connectivity index (χ3v) is 4.14. The van der Waals surface area contributed by atoms with Gasteiger partial charge in [0.15, 0.2) is 5.13 Å². The van der Waals surface area contributed by atoms with Gasteiger partial charge in [0.05, 0.1) is 12.2 Å². The molecule has 0 unspecified atom stereocenters. The first-order chi connectivity index (χ1) is 8.61. The second-order valence-corrected chi connectivity index (χ2v) is 5.69. The number of nitrogens with one attached hydrogen (secondary N) is 1. The first-order valence-electron chi connectivity index (χ1n) is 6.31. The minimum atomic E-state index is -2.32. The minimum Gasteiger partial charge on any atom is -0.345 e. The fourth-order valence-corrected chi connectivity index (χ4v) is 2.93. The molecule has 0 saturated heterocycles. The number of nitrogens with zero attached hydrogens (tertiary/aromatic N) is 2. The van der Waals surface area contributed by atoms with E-state index in [1.807, 2.05) is 0 Å². The van der Waals surface area contributed by atoms with Crippen molar-refractivity contribution in [1.29, 1.82) is 0 Å². The van der Waals surface area contributed by atoms with Gasteiger partial charge in [0.1, 0.15) is 0 Å². The van der Waals surface area contributed by atoms with Gasteiger partial charge in [0, 0.05) is 24.4 Å². The summed E-state index contributed by atoms with van der Waals surface area (Å²) in [4.78, 5) is 7.31. The highest BCUT2D eigenvalue weighted by Crippen LogP contribution is 2.44. The van der Waals surface area contributed by atoms with E-state index in [0.29, 0.717) is 11.0 Å². The van der Waals surface area contributed by atoms with Crippen LogP contribution in [0.4, 0.5) is 13.9 Å². The molecule has 2 rings (SSSR count). The van der Waals surface area contributed by atoms with Crippen molar-refractivity contribution in [1.82, 2.24) is 10.3 Å². The molecule has 6 heteroatoms. The van der Waals surface area contributed by atoms with Crippen LogP contribution in [0, 0.1) is 0 Å². The number of alkyl halides is 2. The molecule has 1 heterocycles. The first kappa shape index (κ1) is 13.7. The van der Waals surface area contributed by atoms with Crippen LogP contribution in [0.2, 0.25) is 0 Å². The Morgan fingerprint density at radius 1 is 1.50 bits per heavy atom. The second kappa shape index (κ2) is 5.93. The summed E-state index contributed by atoms with van der Waals surface area (Å²) in [5.41, 5.74) is 1.12. The van der Waals surface area contributed by atoms with Crippen LogP contribution >= 0.6 is 11.3 Å². The fourth-order valence-electron chi connectivity index (χ4n) is 1.84. The molecule has 1 fully saturated rings. The molecule has 0 aromatic carbocycles. The zero-order valence-electron chi connectivity index (χ0n) is 10.7. The lowest BCUT2D eigenvalue weighted by Crippen LogP contribution is -2.23. The number of thiazole rings is 1. The molecule has 0 aliphatic heterocycles. The molecule has 1 aliphatic carbocycles. The number of halogens is 2. The summed E-state index contributed by atoms with van der Waals surface area (Å²) in [6.45, 7) is 3.51. The van der Waals surface area contributed by atoms with Crippen LogP contribution in [-0.4, -0.2) is 31.5 Å². The summed E-state index contributed by atoms with van der Waals surface area (Å²) in [6.07, 6.45) is 0.0438. The molecule has 0 atom stereocenters. The molecule has 18 heavy (non-hydrogen) atoms. The van der Waals surface area contributed by atoms with Crippen LogP contribution < -0.4 is 10.2 Å². The van der Waals surface area contributed by atoms with Crippen LogP contribution in [0.3, 0.4) is 0 Å². The quantitative estimate of drug-likeness (QED) is 0.829. The summed E-state index contributed by atoms with van der Waals surface area (Å²) < 4.78 is 24.7. The number of hydrogen-bond donors (Lipinski definition) is 1. The van der Waals surface area contributed by atoms with Crippen LogP contribution in [0.1, 0.15) is 36.3 Å². The van der Waals surface area contributed by atoms with Crippen molar-refractivity contribution < 1.29 is 8.78 Å². The zero-order valence-corrected chi connectivity index (χ0v) is 11.6. The van der Waals surface area contributed by atoms with Gasteiger partial charge < -0.3 is 10.2 Å². The maximum atomic E-state index is 12.4. The molecule has 1 aromatic rings.